The van der Waals surface area contributed by atoms with Crippen LogP contribution in [0.4, 0.5) is 0 Å². The minimum absolute atomic E-state index is 0.0813. The monoisotopic (exact) mass is 304 g/mol. The predicted molar refractivity (Wildman–Crippen MR) is 82.3 cm³/mol. The van der Waals surface area contributed by atoms with Crippen molar-refractivity contribution in [2.45, 2.75) is 26.2 Å². The SMILES string of the molecule is COc1cccc(-n2nc(C(C)(C)C)c(C(=O)O)c2OC)c1. The van der Waals surface area contributed by atoms with E-state index in [1.807, 2.05) is 39.0 Å². The van der Waals surface area contributed by atoms with Crippen LogP contribution in [0.5, 0.6) is 11.6 Å². The summed E-state index contributed by atoms with van der Waals surface area (Å²) in [4.78, 5) is 11.7. The van der Waals surface area contributed by atoms with Crippen LogP contribution < -0.4 is 9.47 Å². The quantitative estimate of drug-likeness (QED) is 0.940. The highest BCUT2D eigenvalue weighted by Crippen LogP contribution is 2.33. The van der Waals surface area contributed by atoms with Crippen LogP contribution in [0.3, 0.4) is 0 Å². The van der Waals surface area contributed by atoms with Gasteiger partial charge >= 0.3 is 5.97 Å². The smallest absolute Gasteiger partial charge is 0.343 e. The molecule has 1 aromatic heterocycles. The van der Waals surface area contributed by atoms with E-state index in [-0.39, 0.29) is 11.4 Å². The Labute approximate surface area is 129 Å². The van der Waals surface area contributed by atoms with E-state index < -0.39 is 11.4 Å². The molecule has 2 aromatic rings. The summed E-state index contributed by atoms with van der Waals surface area (Å²) < 4.78 is 12.0. The van der Waals surface area contributed by atoms with E-state index in [1.165, 1.54) is 11.8 Å². The molecule has 0 bridgehead atoms. The van der Waals surface area contributed by atoms with Gasteiger partial charge in [0.2, 0.25) is 5.88 Å². The molecule has 0 radical (unpaired) electrons. The Morgan fingerprint density at radius 1 is 1.23 bits per heavy atom. The lowest BCUT2D eigenvalue weighted by Crippen LogP contribution is -2.16. The number of benzene rings is 1. The van der Waals surface area contributed by atoms with E-state index in [0.29, 0.717) is 17.1 Å². The second kappa shape index (κ2) is 5.71. The number of rotatable bonds is 4. The highest BCUT2D eigenvalue weighted by atomic mass is 16.5. The number of hydrogen-bond acceptors (Lipinski definition) is 4. The van der Waals surface area contributed by atoms with Gasteiger partial charge in [-0.05, 0) is 12.1 Å². The third-order valence-electron chi connectivity index (χ3n) is 3.26. The van der Waals surface area contributed by atoms with E-state index in [4.69, 9.17) is 9.47 Å². The Kier molecular flexibility index (Phi) is 4.12. The van der Waals surface area contributed by atoms with Crippen LogP contribution in [0.2, 0.25) is 0 Å². The number of ether oxygens (including phenoxy) is 2. The minimum atomic E-state index is -1.06. The molecule has 0 fully saturated rings. The maximum absolute atomic E-state index is 11.7. The van der Waals surface area contributed by atoms with Crippen LogP contribution in [-0.2, 0) is 5.41 Å². The van der Waals surface area contributed by atoms with Crippen LogP contribution in [0.1, 0.15) is 36.8 Å². The number of aromatic carboxylic acids is 1. The van der Waals surface area contributed by atoms with Crippen molar-refractivity contribution >= 4 is 5.97 Å². The molecule has 6 nitrogen and oxygen atoms in total. The van der Waals surface area contributed by atoms with Crippen LogP contribution >= 0.6 is 0 Å². The van der Waals surface area contributed by atoms with Crippen LogP contribution in [-0.4, -0.2) is 35.1 Å². The molecule has 1 N–H and O–H groups in total. The molecule has 118 valence electrons. The van der Waals surface area contributed by atoms with Crippen molar-refractivity contribution in [3.05, 3.63) is 35.5 Å². The maximum Gasteiger partial charge on any atom is 0.343 e. The molecule has 22 heavy (non-hydrogen) atoms. The number of hydrogen-bond donors (Lipinski definition) is 1. The zero-order valence-corrected chi connectivity index (χ0v) is 13.4. The third kappa shape index (κ3) is 2.77. The molecule has 0 spiro atoms. The predicted octanol–water partition coefficient (Wildman–Crippen LogP) is 2.89. The standard InChI is InChI=1S/C16H20N2O4/c1-16(2,3)13-12(15(19)20)14(22-5)18(17-13)10-7-6-8-11(9-10)21-4/h6-9H,1-5H3,(H,19,20). The first kappa shape index (κ1) is 15.9. The summed E-state index contributed by atoms with van der Waals surface area (Å²) in [6.45, 7) is 5.74. The van der Waals surface area contributed by atoms with E-state index in [0.717, 1.165) is 0 Å². The summed E-state index contributed by atoms with van der Waals surface area (Å²) in [7, 11) is 3.01. The molecule has 1 heterocycles. The van der Waals surface area contributed by atoms with Gasteiger partial charge in [0.15, 0.2) is 0 Å². The summed E-state index contributed by atoms with van der Waals surface area (Å²) in [5.41, 5.74) is 0.803. The van der Waals surface area contributed by atoms with Gasteiger partial charge in [0.05, 0.1) is 25.6 Å². The first-order chi connectivity index (χ1) is 10.3. The van der Waals surface area contributed by atoms with Crippen LogP contribution in [0.15, 0.2) is 24.3 Å². The lowest BCUT2D eigenvalue weighted by molar-refractivity contribution is 0.0690. The van der Waals surface area contributed by atoms with E-state index in [2.05, 4.69) is 5.10 Å². The number of nitrogens with zero attached hydrogens (tertiary/aromatic N) is 2. The number of methoxy groups -OCH3 is 2. The van der Waals surface area contributed by atoms with Gasteiger partial charge in [-0.3, -0.25) is 0 Å². The molecule has 0 atom stereocenters. The Hall–Kier alpha value is -2.50. The highest BCUT2D eigenvalue weighted by molar-refractivity contribution is 5.92. The zero-order chi connectivity index (χ0) is 16.5. The van der Waals surface area contributed by atoms with Crippen molar-refractivity contribution in [2.24, 2.45) is 0 Å². The molecule has 2 rings (SSSR count). The van der Waals surface area contributed by atoms with Gasteiger partial charge in [0.1, 0.15) is 11.3 Å². The van der Waals surface area contributed by atoms with Gasteiger partial charge in [-0.1, -0.05) is 26.8 Å². The second-order valence-corrected chi connectivity index (χ2v) is 5.90. The van der Waals surface area contributed by atoms with Gasteiger partial charge in [-0.15, -0.1) is 0 Å². The average Bonchev–Trinajstić information content (AvgIpc) is 2.87. The summed E-state index contributed by atoms with van der Waals surface area (Å²) in [6, 6.07) is 7.21. The third-order valence-corrected chi connectivity index (χ3v) is 3.26. The van der Waals surface area contributed by atoms with Crippen molar-refractivity contribution in [1.82, 2.24) is 9.78 Å². The molecule has 0 saturated carbocycles. The number of carboxylic acids is 1. The minimum Gasteiger partial charge on any atom is -0.497 e. The van der Waals surface area contributed by atoms with E-state index >= 15 is 0 Å². The van der Waals surface area contributed by atoms with Crippen molar-refractivity contribution in [3.63, 3.8) is 0 Å². The molecular weight excluding hydrogens is 284 g/mol. The highest BCUT2D eigenvalue weighted by Gasteiger charge is 2.32. The van der Waals surface area contributed by atoms with Crippen molar-refractivity contribution in [1.29, 1.82) is 0 Å². The molecular formula is C16H20N2O4. The lowest BCUT2D eigenvalue weighted by atomic mass is 9.89. The fourth-order valence-corrected chi connectivity index (χ4v) is 2.23. The number of carboxylic acid groups (broad SMARTS) is 1. The lowest BCUT2D eigenvalue weighted by Gasteiger charge is -2.15. The van der Waals surface area contributed by atoms with Gasteiger partial charge in [0, 0.05) is 11.5 Å². The van der Waals surface area contributed by atoms with Gasteiger partial charge in [0.25, 0.3) is 0 Å². The molecule has 0 unspecified atom stereocenters. The Bertz CT molecular complexity index is 699. The number of carbonyl (C=O) groups is 1. The fourth-order valence-electron chi connectivity index (χ4n) is 2.23. The second-order valence-electron chi connectivity index (χ2n) is 5.90. The van der Waals surface area contributed by atoms with Crippen LogP contribution in [0.25, 0.3) is 5.69 Å². The van der Waals surface area contributed by atoms with Gasteiger partial charge in [-0.25, -0.2) is 4.79 Å². The molecule has 0 amide bonds. The summed E-state index contributed by atoms with van der Waals surface area (Å²) in [6.07, 6.45) is 0. The van der Waals surface area contributed by atoms with Crippen molar-refractivity contribution in [3.8, 4) is 17.3 Å². The van der Waals surface area contributed by atoms with Crippen LogP contribution in [0, 0.1) is 0 Å². The Balaban J connectivity index is 2.73. The average molecular weight is 304 g/mol. The van der Waals surface area contributed by atoms with E-state index in [1.54, 1.807) is 13.2 Å². The molecule has 0 aliphatic rings. The first-order valence-corrected chi connectivity index (χ1v) is 6.84. The van der Waals surface area contributed by atoms with Gasteiger partial charge < -0.3 is 14.6 Å². The van der Waals surface area contributed by atoms with Crippen molar-refractivity contribution < 1.29 is 19.4 Å². The molecule has 0 aliphatic heterocycles. The Morgan fingerprint density at radius 2 is 1.91 bits per heavy atom. The molecule has 0 saturated heterocycles. The normalized spacial score (nSPS) is 11.3. The number of aromatic nitrogens is 2. The summed E-state index contributed by atoms with van der Waals surface area (Å²) >= 11 is 0. The maximum atomic E-state index is 11.7. The Morgan fingerprint density at radius 3 is 2.41 bits per heavy atom. The summed E-state index contributed by atoms with van der Waals surface area (Å²) in [5.74, 6) is -0.203. The van der Waals surface area contributed by atoms with E-state index in [9.17, 15) is 9.90 Å². The zero-order valence-electron chi connectivity index (χ0n) is 13.4. The van der Waals surface area contributed by atoms with Gasteiger partial charge in [-0.2, -0.15) is 9.78 Å². The summed E-state index contributed by atoms with van der Waals surface area (Å²) in [5, 5.41) is 14.0. The first-order valence-electron chi connectivity index (χ1n) is 6.84. The molecule has 6 heteroatoms. The van der Waals surface area contributed by atoms with Crippen molar-refractivity contribution in [2.75, 3.05) is 14.2 Å². The largest absolute Gasteiger partial charge is 0.497 e. The molecule has 1 aromatic carbocycles. The fraction of sp³-hybridized carbons (Fsp3) is 0.375. The topological polar surface area (TPSA) is 73.6 Å². The molecule has 0 aliphatic carbocycles.